The number of hydrogen-bond acceptors (Lipinski definition) is 4. The Labute approximate surface area is 147 Å². The largest absolute Gasteiger partial charge is 0.497 e. The Kier molecular flexibility index (Phi) is 4.66. The summed E-state index contributed by atoms with van der Waals surface area (Å²) in [6, 6.07) is 14.7. The smallest absolute Gasteiger partial charge is 0.261 e. The van der Waals surface area contributed by atoms with E-state index in [1.165, 1.54) is 0 Å². The van der Waals surface area contributed by atoms with Gasteiger partial charge in [0.15, 0.2) is 0 Å². The van der Waals surface area contributed by atoms with Crippen molar-refractivity contribution >= 4 is 27.5 Å². The van der Waals surface area contributed by atoms with Gasteiger partial charge < -0.3 is 14.6 Å². The second kappa shape index (κ2) is 6.88. The Morgan fingerprint density at radius 1 is 1.21 bits per heavy atom. The highest BCUT2D eigenvalue weighted by molar-refractivity contribution is 9.10. The monoisotopic (exact) mass is 386 g/mol. The molecule has 0 saturated carbocycles. The lowest BCUT2D eigenvalue weighted by Crippen LogP contribution is -2.13. The van der Waals surface area contributed by atoms with Crippen LogP contribution in [0.25, 0.3) is 11.3 Å². The molecule has 24 heavy (non-hydrogen) atoms. The van der Waals surface area contributed by atoms with Crippen LogP contribution < -0.4 is 10.1 Å². The SMILES string of the molecule is COc1cccc(NC(=O)c2c(-c3ccc(Br)cc3)noc2C)c1. The molecule has 0 fully saturated rings. The molecular weight excluding hydrogens is 372 g/mol. The van der Waals surface area contributed by atoms with E-state index in [-0.39, 0.29) is 5.91 Å². The maximum Gasteiger partial charge on any atom is 0.261 e. The summed E-state index contributed by atoms with van der Waals surface area (Å²) < 4.78 is 11.4. The molecule has 0 radical (unpaired) electrons. The van der Waals surface area contributed by atoms with Gasteiger partial charge in [-0.3, -0.25) is 4.79 Å². The van der Waals surface area contributed by atoms with Crippen molar-refractivity contribution in [2.24, 2.45) is 0 Å². The third kappa shape index (κ3) is 3.33. The van der Waals surface area contributed by atoms with Crippen LogP contribution in [0.2, 0.25) is 0 Å². The number of aromatic nitrogens is 1. The number of ether oxygens (including phenoxy) is 1. The molecule has 2 aromatic carbocycles. The number of amides is 1. The average Bonchev–Trinajstić information content (AvgIpc) is 2.97. The molecule has 0 saturated heterocycles. The molecule has 6 heteroatoms. The fourth-order valence-corrected chi connectivity index (χ4v) is 2.60. The number of rotatable bonds is 4. The number of carbonyl (C=O) groups is 1. The summed E-state index contributed by atoms with van der Waals surface area (Å²) in [4.78, 5) is 12.7. The van der Waals surface area contributed by atoms with Crippen LogP contribution in [0.4, 0.5) is 5.69 Å². The van der Waals surface area contributed by atoms with E-state index in [0.29, 0.717) is 28.5 Å². The highest BCUT2D eigenvalue weighted by Gasteiger charge is 2.21. The van der Waals surface area contributed by atoms with E-state index in [1.807, 2.05) is 36.4 Å². The maximum absolute atomic E-state index is 12.7. The molecule has 5 nitrogen and oxygen atoms in total. The zero-order valence-corrected chi connectivity index (χ0v) is 14.8. The van der Waals surface area contributed by atoms with Gasteiger partial charge in [-0.05, 0) is 31.2 Å². The molecule has 0 aliphatic heterocycles. The van der Waals surface area contributed by atoms with E-state index in [2.05, 4.69) is 26.4 Å². The molecule has 0 atom stereocenters. The Balaban J connectivity index is 1.92. The van der Waals surface area contributed by atoms with Gasteiger partial charge >= 0.3 is 0 Å². The van der Waals surface area contributed by atoms with Gasteiger partial charge in [0.2, 0.25) is 0 Å². The van der Waals surface area contributed by atoms with Gasteiger partial charge in [-0.1, -0.05) is 39.3 Å². The maximum atomic E-state index is 12.7. The number of hydrogen-bond donors (Lipinski definition) is 1. The summed E-state index contributed by atoms with van der Waals surface area (Å²) in [5.41, 5.74) is 2.38. The van der Waals surface area contributed by atoms with Crippen molar-refractivity contribution < 1.29 is 14.1 Å². The first-order valence-electron chi connectivity index (χ1n) is 7.26. The number of carbonyl (C=O) groups excluding carboxylic acids is 1. The number of nitrogens with one attached hydrogen (secondary N) is 1. The van der Waals surface area contributed by atoms with Gasteiger partial charge in [-0.15, -0.1) is 0 Å². The van der Waals surface area contributed by atoms with Gasteiger partial charge in [0, 0.05) is 21.8 Å². The number of benzene rings is 2. The van der Waals surface area contributed by atoms with Crippen LogP contribution in [-0.4, -0.2) is 18.2 Å². The Morgan fingerprint density at radius 3 is 2.67 bits per heavy atom. The van der Waals surface area contributed by atoms with E-state index in [9.17, 15) is 4.79 Å². The topological polar surface area (TPSA) is 64.4 Å². The molecule has 1 heterocycles. The van der Waals surface area contributed by atoms with Crippen molar-refractivity contribution in [3.05, 3.63) is 64.3 Å². The number of anilines is 1. The van der Waals surface area contributed by atoms with Crippen molar-refractivity contribution in [3.63, 3.8) is 0 Å². The minimum absolute atomic E-state index is 0.278. The van der Waals surface area contributed by atoms with Crippen LogP contribution in [0.3, 0.4) is 0 Å². The lowest BCUT2D eigenvalue weighted by Gasteiger charge is -2.07. The van der Waals surface area contributed by atoms with Gasteiger partial charge in [-0.2, -0.15) is 0 Å². The van der Waals surface area contributed by atoms with Crippen molar-refractivity contribution in [1.82, 2.24) is 5.16 Å². The normalized spacial score (nSPS) is 10.5. The predicted molar refractivity (Wildman–Crippen MR) is 95.3 cm³/mol. The average molecular weight is 387 g/mol. The van der Waals surface area contributed by atoms with Crippen molar-refractivity contribution in [2.45, 2.75) is 6.92 Å². The Bertz CT molecular complexity index is 872. The van der Waals surface area contributed by atoms with Gasteiger partial charge in [0.25, 0.3) is 5.91 Å². The summed E-state index contributed by atoms with van der Waals surface area (Å²) in [5, 5.41) is 6.89. The molecule has 0 aliphatic carbocycles. The fraction of sp³-hybridized carbons (Fsp3) is 0.111. The third-order valence-electron chi connectivity index (χ3n) is 3.54. The molecule has 1 amide bonds. The number of nitrogens with zero attached hydrogens (tertiary/aromatic N) is 1. The zero-order valence-electron chi connectivity index (χ0n) is 13.2. The van der Waals surface area contributed by atoms with Crippen LogP contribution in [0.1, 0.15) is 16.1 Å². The first kappa shape index (κ1) is 16.3. The molecule has 0 unspecified atom stereocenters. The summed E-state index contributed by atoms with van der Waals surface area (Å²) in [6.45, 7) is 1.72. The predicted octanol–water partition coefficient (Wildman–Crippen LogP) is 4.67. The number of halogens is 1. The first-order chi connectivity index (χ1) is 11.6. The highest BCUT2D eigenvalue weighted by atomic mass is 79.9. The van der Waals surface area contributed by atoms with E-state index < -0.39 is 0 Å². The van der Waals surface area contributed by atoms with Crippen LogP contribution >= 0.6 is 15.9 Å². The van der Waals surface area contributed by atoms with Crippen LogP contribution in [0.5, 0.6) is 5.75 Å². The second-order valence-electron chi connectivity index (χ2n) is 5.16. The highest BCUT2D eigenvalue weighted by Crippen LogP contribution is 2.27. The van der Waals surface area contributed by atoms with E-state index in [0.717, 1.165) is 10.0 Å². The number of methoxy groups -OCH3 is 1. The lowest BCUT2D eigenvalue weighted by molar-refractivity contribution is 0.102. The number of aryl methyl sites for hydroxylation is 1. The van der Waals surface area contributed by atoms with Gasteiger partial charge in [0.05, 0.1) is 7.11 Å². The quantitative estimate of drug-likeness (QED) is 0.707. The van der Waals surface area contributed by atoms with Crippen LogP contribution in [0, 0.1) is 6.92 Å². The third-order valence-corrected chi connectivity index (χ3v) is 4.06. The van der Waals surface area contributed by atoms with E-state index in [1.54, 1.807) is 26.2 Å². The zero-order chi connectivity index (χ0) is 17.1. The van der Waals surface area contributed by atoms with Crippen molar-refractivity contribution in [1.29, 1.82) is 0 Å². The molecule has 1 N–H and O–H groups in total. The standard InChI is InChI=1S/C18H15BrN2O3/c1-11-16(17(21-24-11)12-6-8-13(19)9-7-12)18(22)20-14-4-3-5-15(10-14)23-2/h3-10H,1-2H3,(H,20,22). The molecule has 3 aromatic rings. The first-order valence-corrected chi connectivity index (χ1v) is 8.05. The summed E-state index contributed by atoms with van der Waals surface area (Å²) in [5.74, 6) is 0.858. The Hall–Kier alpha value is -2.60. The second-order valence-corrected chi connectivity index (χ2v) is 6.07. The molecule has 0 aliphatic rings. The fourth-order valence-electron chi connectivity index (χ4n) is 2.34. The van der Waals surface area contributed by atoms with Crippen LogP contribution in [-0.2, 0) is 0 Å². The van der Waals surface area contributed by atoms with E-state index >= 15 is 0 Å². The minimum Gasteiger partial charge on any atom is -0.497 e. The Morgan fingerprint density at radius 2 is 1.96 bits per heavy atom. The summed E-state index contributed by atoms with van der Waals surface area (Å²) in [6.07, 6.45) is 0. The molecule has 0 spiro atoms. The van der Waals surface area contributed by atoms with E-state index in [4.69, 9.17) is 9.26 Å². The summed E-state index contributed by atoms with van der Waals surface area (Å²) in [7, 11) is 1.58. The lowest BCUT2D eigenvalue weighted by atomic mass is 10.1. The van der Waals surface area contributed by atoms with Gasteiger partial charge in [0.1, 0.15) is 22.8 Å². The van der Waals surface area contributed by atoms with Gasteiger partial charge in [-0.25, -0.2) is 0 Å². The molecule has 0 bridgehead atoms. The molecule has 3 rings (SSSR count). The van der Waals surface area contributed by atoms with Crippen molar-refractivity contribution in [3.8, 4) is 17.0 Å². The van der Waals surface area contributed by atoms with Crippen LogP contribution in [0.15, 0.2) is 57.5 Å². The minimum atomic E-state index is -0.278. The molecule has 122 valence electrons. The summed E-state index contributed by atoms with van der Waals surface area (Å²) >= 11 is 3.39. The van der Waals surface area contributed by atoms with Crippen molar-refractivity contribution in [2.75, 3.05) is 12.4 Å². The molecule has 1 aromatic heterocycles. The molecular formula is C18H15BrN2O3.